The Bertz CT molecular complexity index is 1070. The number of likely N-dealkylation sites (N-methyl/N-ethyl adjacent to an activating group) is 1. The van der Waals surface area contributed by atoms with Crippen molar-refractivity contribution >= 4 is 23.3 Å². The van der Waals surface area contributed by atoms with Crippen molar-refractivity contribution in [2.75, 3.05) is 31.3 Å². The number of aryl methyl sites for hydroxylation is 1. The molecule has 0 heterocycles. The number of benzene rings is 3. The third-order valence-electron chi connectivity index (χ3n) is 4.80. The first-order valence-electron chi connectivity index (χ1n) is 10.3. The van der Waals surface area contributed by atoms with Crippen molar-refractivity contribution in [2.24, 2.45) is 0 Å². The molecule has 3 aromatic carbocycles. The molecule has 7 nitrogen and oxygen atoms in total. The molecule has 0 saturated heterocycles. The van der Waals surface area contributed by atoms with E-state index in [1.54, 1.807) is 38.4 Å². The van der Waals surface area contributed by atoms with Gasteiger partial charge in [-0.15, -0.1) is 0 Å². The van der Waals surface area contributed by atoms with Crippen molar-refractivity contribution in [2.45, 2.75) is 13.3 Å². The van der Waals surface area contributed by atoms with Crippen LogP contribution in [0.3, 0.4) is 0 Å². The van der Waals surface area contributed by atoms with Gasteiger partial charge in [-0.05, 0) is 54.4 Å². The summed E-state index contributed by atoms with van der Waals surface area (Å²) in [5, 5.41) is 5.64. The molecule has 0 unspecified atom stereocenters. The predicted octanol–water partition coefficient (Wildman–Crippen LogP) is 5.15. The number of nitrogens with one attached hydrogen (secondary N) is 2. The number of rotatable bonds is 8. The lowest BCUT2D eigenvalue weighted by Crippen LogP contribution is -2.37. The van der Waals surface area contributed by atoms with Crippen LogP contribution in [0.25, 0.3) is 0 Å². The largest absolute Gasteiger partial charge is 0.493 e. The van der Waals surface area contributed by atoms with Crippen LogP contribution in [0, 0.1) is 0 Å². The third kappa shape index (κ3) is 6.01. The highest BCUT2D eigenvalue weighted by molar-refractivity contribution is 5.97. The first-order chi connectivity index (χ1) is 15.5. The van der Waals surface area contributed by atoms with Gasteiger partial charge in [-0.25, -0.2) is 4.79 Å². The molecule has 0 aliphatic heterocycles. The number of hydrogen-bond acceptors (Lipinski definition) is 4. The quantitative estimate of drug-likeness (QED) is 0.515. The molecule has 0 bridgehead atoms. The van der Waals surface area contributed by atoms with Crippen LogP contribution in [-0.2, 0) is 11.2 Å². The molecule has 0 aliphatic rings. The number of hydrogen-bond donors (Lipinski definition) is 2. The number of amides is 3. The van der Waals surface area contributed by atoms with Gasteiger partial charge in [0, 0.05) is 18.4 Å². The number of para-hydroxylation sites is 3. The molecule has 3 rings (SSSR count). The summed E-state index contributed by atoms with van der Waals surface area (Å²) < 4.78 is 11.1. The molecule has 7 heteroatoms. The SMILES string of the molecule is CCc1ccccc1NC(=O)CN(C)C(=O)Nc1ccc(Oc2ccccc2OC)cc1. The lowest BCUT2D eigenvalue weighted by atomic mass is 10.1. The zero-order valence-electron chi connectivity index (χ0n) is 18.4. The van der Waals surface area contributed by atoms with E-state index in [2.05, 4.69) is 10.6 Å². The van der Waals surface area contributed by atoms with Gasteiger partial charge in [0.25, 0.3) is 0 Å². The van der Waals surface area contributed by atoms with E-state index in [9.17, 15) is 9.59 Å². The van der Waals surface area contributed by atoms with Crippen molar-refractivity contribution in [3.8, 4) is 17.2 Å². The summed E-state index contributed by atoms with van der Waals surface area (Å²) in [6.45, 7) is 1.95. The van der Waals surface area contributed by atoms with E-state index in [0.717, 1.165) is 17.7 Å². The molecule has 3 aromatic rings. The van der Waals surface area contributed by atoms with Crippen LogP contribution in [0.5, 0.6) is 17.2 Å². The highest BCUT2D eigenvalue weighted by Crippen LogP contribution is 2.31. The normalized spacial score (nSPS) is 10.2. The minimum absolute atomic E-state index is 0.0706. The van der Waals surface area contributed by atoms with Gasteiger partial charge in [0.05, 0.1) is 7.11 Å². The van der Waals surface area contributed by atoms with Crippen molar-refractivity contribution in [3.05, 3.63) is 78.4 Å². The van der Waals surface area contributed by atoms with E-state index in [0.29, 0.717) is 22.9 Å². The van der Waals surface area contributed by atoms with Crippen LogP contribution in [0.1, 0.15) is 12.5 Å². The predicted molar refractivity (Wildman–Crippen MR) is 126 cm³/mol. The van der Waals surface area contributed by atoms with Crippen molar-refractivity contribution in [3.63, 3.8) is 0 Å². The number of anilines is 2. The molecule has 0 atom stereocenters. The first kappa shape index (κ1) is 22.7. The Hall–Kier alpha value is -4.00. The first-order valence-corrected chi connectivity index (χ1v) is 10.3. The fourth-order valence-electron chi connectivity index (χ4n) is 3.08. The summed E-state index contributed by atoms with van der Waals surface area (Å²) in [5.74, 6) is 1.58. The lowest BCUT2D eigenvalue weighted by Gasteiger charge is -2.18. The van der Waals surface area contributed by atoms with Gasteiger partial charge >= 0.3 is 6.03 Å². The highest BCUT2D eigenvalue weighted by atomic mass is 16.5. The molecule has 0 aliphatic carbocycles. The van der Waals surface area contributed by atoms with Gasteiger partial charge in [0.2, 0.25) is 5.91 Å². The maximum absolute atomic E-state index is 12.5. The third-order valence-corrected chi connectivity index (χ3v) is 4.80. The van der Waals surface area contributed by atoms with Crippen LogP contribution in [0.2, 0.25) is 0 Å². The average Bonchev–Trinajstić information content (AvgIpc) is 2.81. The Morgan fingerprint density at radius 3 is 2.22 bits per heavy atom. The number of methoxy groups -OCH3 is 1. The van der Waals surface area contributed by atoms with E-state index in [1.165, 1.54) is 4.90 Å². The number of urea groups is 1. The smallest absolute Gasteiger partial charge is 0.322 e. The molecule has 0 radical (unpaired) electrons. The molecule has 2 N–H and O–H groups in total. The van der Waals surface area contributed by atoms with E-state index in [1.807, 2.05) is 55.5 Å². The molecule has 166 valence electrons. The Kier molecular flexibility index (Phi) is 7.70. The summed E-state index contributed by atoms with van der Waals surface area (Å²) in [7, 11) is 3.15. The van der Waals surface area contributed by atoms with E-state index >= 15 is 0 Å². The van der Waals surface area contributed by atoms with Crippen molar-refractivity contribution in [1.29, 1.82) is 0 Å². The second-order valence-electron chi connectivity index (χ2n) is 7.12. The summed E-state index contributed by atoms with van der Waals surface area (Å²) in [5.41, 5.74) is 2.40. The summed E-state index contributed by atoms with van der Waals surface area (Å²) >= 11 is 0. The number of ether oxygens (including phenoxy) is 2. The second-order valence-corrected chi connectivity index (χ2v) is 7.12. The molecule has 0 fully saturated rings. The van der Waals surface area contributed by atoms with Gasteiger partial charge in [0.15, 0.2) is 11.5 Å². The Balaban J connectivity index is 1.54. The molecule has 0 spiro atoms. The molecule has 0 saturated carbocycles. The maximum atomic E-state index is 12.5. The summed E-state index contributed by atoms with van der Waals surface area (Å²) in [6.07, 6.45) is 0.809. The molecule has 0 aromatic heterocycles. The van der Waals surface area contributed by atoms with Crippen LogP contribution in [0.4, 0.5) is 16.2 Å². The monoisotopic (exact) mass is 433 g/mol. The minimum atomic E-state index is -0.387. The van der Waals surface area contributed by atoms with Gasteiger partial charge in [0.1, 0.15) is 12.3 Å². The average molecular weight is 434 g/mol. The molecular formula is C25H27N3O4. The van der Waals surface area contributed by atoms with Gasteiger partial charge in [-0.1, -0.05) is 37.3 Å². The van der Waals surface area contributed by atoms with Crippen LogP contribution < -0.4 is 20.1 Å². The standard InChI is InChI=1S/C25H27N3O4/c1-4-18-9-5-6-10-21(18)27-24(29)17-28(2)25(30)26-19-13-15-20(16-14-19)32-23-12-8-7-11-22(23)31-3/h5-16H,4,17H2,1-3H3,(H,26,30)(H,27,29). The molecule has 32 heavy (non-hydrogen) atoms. The lowest BCUT2D eigenvalue weighted by molar-refractivity contribution is -0.116. The van der Waals surface area contributed by atoms with E-state index in [-0.39, 0.29) is 18.5 Å². The van der Waals surface area contributed by atoms with E-state index < -0.39 is 0 Å². The molecular weight excluding hydrogens is 406 g/mol. The zero-order chi connectivity index (χ0) is 22.9. The van der Waals surface area contributed by atoms with Gasteiger partial charge < -0.3 is 25.0 Å². The summed E-state index contributed by atoms with van der Waals surface area (Å²) in [6, 6.07) is 21.5. The fourth-order valence-corrected chi connectivity index (χ4v) is 3.08. The van der Waals surface area contributed by atoms with Crippen LogP contribution in [-0.4, -0.2) is 37.5 Å². The van der Waals surface area contributed by atoms with Gasteiger partial charge in [-0.3, -0.25) is 4.79 Å². The number of carbonyl (C=O) groups is 2. The Morgan fingerprint density at radius 2 is 1.53 bits per heavy atom. The van der Waals surface area contributed by atoms with Crippen LogP contribution >= 0.6 is 0 Å². The van der Waals surface area contributed by atoms with Crippen LogP contribution in [0.15, 0.2) is 72.8 Å². The minimum Gasteiger partial charge on any atom is -0.493 e. The number of nitrogens with zero attached hydrogens (tertiary/aromatic N) is 1. The topological polar surface area (TPSA) is 79.9 Å². The highest BCUT2D eigenvalue weighted by Gasteiger charge is 2.14. The van der Waals surface area contributed by atoms with Crippen molar-refractivity contribution < 1.29 is 19.1 Å². The fraction of sp³-hybridized carbons (Fsp3) is 0.200. The van der Waals surface area contributed by atoms with E-state index in [4.69, 9.17) is 9.47 Å². The molecule has 3 amide bonds. The number of carbonyl (C=O) groups excluding carboxylic acids is 2. The van der Waals surface area contributed by atoms with Crippen molar-refractivity contribution in [1.82, 2.24) is 4.90 Å². The zero-order valence-corrected chi connectivity index (χ0v) is 18.4. The Labute approximate surface area is 188 Å². The second kappa shape index (κ2) is 10.9. The summed E-state index contributed by atoms with van der Waals surface area (Å²) in [4.78, 5) is 26.2. The maximum Gasteiger partial charge on any atom is 0.322 e. The van der Waals surface area contributed by atoms with Gasteiger partial charge in [-0.2, -0.15) is 0 Å². The Morgan fingerprint density at radius 1 is 0.875 bits per heavy atom.